The van der Waals surface area contributed by atoms with E-state index >= 15 is 0 Å². The fourth-order valence-electron chi connectivity index (χ4n) is 2.28. The summed E-state index contributed by atoms with van der Waals surface area (Å²) in [6, 6.07) is 14.7. The minimum absolute atomic E-state index is 0.561. The lowest BCUT2D eigenvalue weighted by atomic mass is 9.92. The fourth-order valence-corrected chi connectivity index (χ4v) is 2.28. The second kappa shape index (κ2) is 5.62. The molecule has 0 N–H and O–H groups in total. The molecule has 0 aliphatic rings. The molecule has 2 aromatic rings. The zero-order valence-corrected chi connectivity index (χ0v) is 10.6. The Labute approximate surface area is 104 Å². The highest BCUT2D eigenvalue weighted by atomic mass is 14.7. The van der Waals surface area contributed by atoms with Crippen LogP contribution in [0.15, 0.2) is 48.7 Å². The zero-order chi connectivity index (χ0) is 12.1. The Hall–Kier alpha value is -1.63. The Kier molecular flexibility index (Phi) is 3.92. The van der Waals surface area contributed by atoms with E-state index in [4.69, 9.17) is 0 Å². The largest absolute Gasteiger partial charge is 0.260 e. The predicted molar refractivity (Wildman–Crippen MR) is 73.0 cm³/mol. The van der Waals surface area contributed by atoms with E-state index in [9.17, 15) is 0 Å². The topological polar surface area (TPSA) is 12.9 Å². The Balaban J connectivity index is 2.48. The van der Waals surface area contributed by atoms with Crippen molar-refractivity contribution in [3.63, 3.8) is 0 Å². The molecule has 0 amide bonds. The van der Waals surface area contributed by atoms with Gasteiger partial charge in [-0.2, -0.15) is 0 Å². The number of aromatic nitrogens is 1. The van der Waals surface area contributed by atoms with Crippen LogP contribution in [-0.4, -0.2) is 4.98 Å². The maximum atomic E-state index is 4.60. The second-order valence-corrected chi connectivity index (χ2v) is 4.32. The third kappa shape index (κ3) is 2.55. The summed E-state index contributed by atoms with van der Waals surface area (Å²) in [5.74, 6) is 0.561. The highest BCUT2D eigenvalue weighted by Gasteiger charge is 2.13. The van der Waals surface area contributed by atoms with Gasteiger partial charge in [-0.15, -0.1) is 0 Å². The van der Waals surface area contributed by atoms with E-state index in [2.05, 4.69) is 55.2 Å². The normalized spacial score (nSPS) is 10.8. The molecule has 17 heavy (non-hydrogen) atoms. The molecule has 0 atom stereocenters. The quantitative estimate of drug-likeness (QED) is 0.738. The van der Waals surface area contributed by atoms with Crippen molar-refractivity contribution >= 4 is 0 Å². The third-order valence-electron chi connectivity index (χ3n) is 3.30. The first-order valence-corrected chi connectivity index (χ1v) is 6.37. The predicted octanol–water partition coefficient (Wildman–Crippen LogP) is 4.65. The molecule has 0 aliphatic carbocycles. The lowest BCUT2D eigenvalue weighted by Crippen LogP contribution is -2.01. The van der Waals surface area contributed by atoms with Gasteiger partial charge in [0, 0.05) is 17.7 Å². The first-order valence-electron chi connectivity index (χ1n) is 6.37. The van der Waals surface area contributed by atoms with Gasteiger partial charge in [-0.1, -0.05) is 50.2 Å². The number of benzene rings is 1. The molecule has 0 bridgehead atoms. The molecular weight excluding hydrogens is 206 g/mol. The van der Waals surface area contributed by atoms with Gasteiger partial charge in [0.2, 0.25) is 0 Å². The van der Waals surface area contributed by atoms with Gasteiger partial charge in [0.1, 0.15) is 0 Å². The SMILES string of the molecule is CCC(CC)c1ncccc1-c1ccccc1. The zero-order valence-electron chi connectivity index (χ0n) is 10.6. The van der Waals surface area contributed by atoms with Crippen molar-refractivity contribution in [1.82, 2.24) is 4.98 Å². The average molecular weight is 225 g/mol. The second-order valence-electron chi connectivity index (χ2n) is 4.32. The van der Waals surface area contributed by atoms with Gasteiger partial charge >= 0.3 is 0 Å². The van der Waals surface area contributed by atoms with Crippen LogP contribution >= 0.6 is 0 Å². The van der Waals surface area contributed by atoms with Gasteiger partial charge in [-0.25, -0.2) is 0 Å². The minimum Gasteiger partial charge on any atom is -0.260 e. The molecule has 0 saturated heterocycles. The van der Waals surface area contributed by atoms with Crippen molar-refractivity contribution in [2.24, 2.45) is 0 Å². The Morgan fingerprint density at radius 1 is 0.941 bits per heavy atom. The minimum atomic E-state index is 0.561. The van der Waals surface area contributed by atoms with Crippen LogP contribution in [0.1, 0.15) is 38.3 Å². The van der Waals surface area contributed by atoms with Crippen molar-refractivity contribution < 1.29 is 0 Å². The molecule has 1 aromatic heterocycles. The monoisotopic (exact) mass is 225 g/mol. The Morgan fingerprint density at radius 3 is 2.29 bits per heavy atom. The summed E-state index contributed by atoms with van der Waals surface area (Å²) in [7, 11) is 0. The maximum absolute atomic E-state index is 4.60. The highest BCUT2D eigenvalue weighted by Crippen LogP contribution is 2.30. The standard InChI is InChI=1S/C16H19N/c1-3-13(4-2)16-15(11-8-12-17-16)14-9-6-5-7-10-14/h5-13H,3-4H2,1-2H3. The molecule has 2 rings (SSSR count). The van der Waals surface area contributed by atoms with Crippen molar-refractivity contribution in [1.29, 1.82) is 0 Å². The molecule has 0 spiro atoms. The van der Waals surface area contributed by atoms with Crippen LogP contribution in [0, 0.1) is 0 Å². The summed E-state index contributed by atoms with van der Waals surface area (Å²) in [6.45, 7) is 4.47. The van der Waals surface area contributed by atoms with E-state index in [0.717, 1.165) is 12.8 Å². The van der Waals surface area contributed by atoms with Gasteiger partial charge in [0.25, 0.3) is 0 Å². The molecule has 1 aromatic carbocycles. The van der Waals surface area contributed by atoms with Crippen LogP contribution in [0.5, 0.6) is 0 Å². The molecule has 0 radical (unpaired) electrons. The van der Waals surface area contributed by atoms with Gasteiger partial charge < -0.3 is 0 Å². The van der Waals surface area contributed by atoms with E-state index in [1.165, 1.54) is 16.8 Å². The molecule has 1 heterocycles. The van der Waals surface area contributed by atoms with E-state index in [1.807, 2.05) is 12.3 Å². The van der Waals surface area contributed by atoms with E-state index in [1.54, 1.807) is 0 Å². The highest BCUT2D eigenvalue weighted by molar-refractivity contribution is 5.66. The van der Waals surface area contributed by atoms with Crippen molar-refractivity contribution in [3.8, 4) is 11.1 Å². The summed E-state index contributed by atoms with van der Waals surface area (Å²) in [4.78, 5) is 4.60. The van der Waals surface area contributed by atoms with Crippen molar-refractivity contribution in [2.45, 2.75) is 32.6 Å². The van der Waals surface area contributed by atoms with Crippen LogP contribution < -0.4 is 0 Å². The van der Waals surface area contributed by atoms with Crippen LogP contribution in [0.4, 0.5) is 0 Å². The van der Waals surface area contributed by atoms with E-state index < -0.39 is 0 Å². The van der Waals surface area contributed by atoms with Gasteiger partial charge in [0.05, 0.1) is 5.69 Å². The molecule has 1 nitrogen and oxygen atoms in total. The number of hydrogen-bond acceptors (Lipinski definition) is 1. The van der Waals surface area contributed by atoms with E-state index in [-0.39, 0.29) is 0 Å². The Bertz CT molecular complexity index is 458. The molecule has 0 saturated carbocycles. The molecule has 0 fully saturated rings. The lowest BCUT2D eigenvalue weighted by molar-refractivity contribution is 0.625. The summed E-state index contributed by atoms with van der Waals surface area (Å²) >= 11 is 0. The summed E-state index contributed by atoms with van der Waals surface area (Å²) < 4.78 is 0. The molecule has 0 aliphatic heterocycles. The summed E-state index contributed by atoms with van der Waals surface area (Å²) in [6.07, 6.45) is 4.20. The van der Waals surface area contributed by atoms with Crippen LogP contribution in [0.25, 0.3) is 11.1 Å². The molecule has 0 unspecified atom stereocenters. The van der Waals surface area contributed by atoms with Gasteiger partial charge in [-0.3, -0.25) is 4.98 Å². The summed E-state index contributed by atoms with van der Waals surface area (Å²) in [5.41, 5.74) is 3.79. The van der Waals surface area contributed by atoms with Crippen LogP contribution in [0.3, 0.4) is 0 Å². The average Bonchev–Trinajstić information content (AvgIpc) is 2.42. The van der Waals surface area contributed by atoms with Crippen LogP contribution in [0.2, 0.25) is 0 Å². The first kappa shape index (κ1) is 11.8. The van der Waals surface area contributed by atoms with Crippen molar-refractivity contribution in [2.75, 3.05) is 0 Å². The Morgan fingerprint density at radius 2 is 1.65 bits per heavy atom. The summed E-state index contributed by atoms with van der Waals surface area (Å²) in [5, 5.41) is 0. The van der Waals surface area contributed by atoms with Crippen molar-refractivity contribution in [3.05, 3.63) is 54.4 Å². The molecule has 1 heteroatoms. The number of rotatable bonds is 4. The van der Waals surface area contributed by atoms with Crippen LogP contribution in [-0.2, 0) is 0 Å². The smallest absolute Gasteiger partial charge is 0.0512 e. The first-order chi connectivity index (χ1) is 8.36. The number of hydrogen-bond donors (Lipinski definition) is 0. The molecule has 88 valence electrons. The van der Waals surface area contributed by atoms with Gasteiger partial charge in [-0.05, 0) is 24.5 Å². The number of pyridine rings is 1. The molecular formula is C16H19N. The fraction of sp³-hybridized carbons (Fsp3) is 0.312. The third-order valence-corrected chi connectivity index (χ3v) is 3.30. The maximum Gasteiger partial charge on any atom is 0.0512 e. The lowest BCUT2D eigenvalue weighted by Gasteiger charge is -2.16. The van der Waals surface area contributed by atoms with E-state index in [0.29, 0.717) is 5.92 Å². The number of nitrogens with zero attached hydrogens (tertiary/aromatic N) is 1. The van der Waals surface area contributed by atoms with Gasteiger partial charge in [0.15, 0.2) is 0 Å².